The Hall–Kier alpha value is -1.16. The molecule has 1 saturated carbocycles. The van der Waals surface area contributed by atoms with Crippen molar-refractivity contribution in [1.82, 2.24) is 0 Å². The molecule has 0 aromatic rings. The summed E-state index contributed by atoms with van der Waals surface area (Å²) in [5.74, 6) is -0.0834. The van der Waals surface area contributed by atoms with Crippen LogP contribution in [-0.2, 0) is 14.3 Å². The third-order valence-electron chi connectivity index (χ3n) is 5.18. The minimum atomic E-state index is -0.210. The summed E-state index contributed by atoms with van der Waals surface area (Å²) in [5, 5.41) is 9.54. The van der Waals surface area contributed by atoms with Gasteiger partial charge in [-0.2, -0.15) is 0 Å². The smallest absolute Gasteiger partial charge is 0.309 e. The summed E-state index contributed by atoms with van der Waals surface area (Å²) in [6.45, 7) is 3.91. The third kappa shape index (κ3) is 1.76. The first-order valence-corrected chi connectivity index (χ1v) is 7.08. The molecular formula is C15H20O4. The molecule has 0 aromatic carbocycles. The van der Waals surface area contributed by atoms with Crippen LogP contribution in [0.1, 0.15) is 33.1 Å². The number of aliphatic hydroxyl groups excluding tert-OH is 1. The highest BCUT2D eigenvalue weighted by Crippen LogP contribution is 2.49. The van der Waals surface area contributed by atoms with Crippen LogP contribution in [0, 0.1) is 23.7 Å². The van der Waals surface area contributed by atoms with E-state index in [1.54, 1.807) is 0 Å². The zero-order chi connectivity index (χ0) is 13.7. The van der Waals surface area contributed by atoms with Gasteiger partial charge in [-0.05, 0) is 25.7 Å². The lowest BCUT2D eigenvalue weighted by Crippen LogP contribution is -2.32. The Morgan fingerprint density at radius 2 is 2.11 bits per heavy atom. The van der Waals surface area contributed by atoms with Crippen molar-refractivity contribution in [3.05, 3.63) is 11.1 Å². The van der Waals surface area contributed by atoms with Crippen LogP contribution in [0.4, 0.5) is 0 Å². The summed E-state index contributed by atoms with van der Waals surface area (Å²) in [4.78, 5) is 24.0. The summed E-state index contributed by atoms with van der Waals surface area (Å²) in [7, 11) is 0. The average molecular weight is 264 g/mol. The number of ether oxygens (including phenoxy) is 1. The number of hydrogen-bond donors (Lipinski definition) is 1. The summed E-state index contributed by atoms with van der Waals surface area (Å²) >= 11 is 0. The first kappa shape index (κ1) is 12.9. The molecule has 1 N–H and O–H groups in total. The van der Waals surface area contributed by atoms with E-state index in [0.717, 1.165) is 24.0 Å². The lowest BCUT2D eigenvalue weighted by atomic mass is 9.79. The van der Waals surface area contributed by atoms with E-state index in [1.807, 2.05) is 13.8 Å². The summed E-state index contributed by atoms with van der Waals surface area (Å²) in [6, 6.07) is 0. The van der Waals surface area contributed by atoms with Crippen LogP contribution < -0.4 is 0 Å². The van der Waals surface area contributed by atoms with E-state index in [9.17, 15) is 14.7 Å². The molecule has 0 radical (unpaired) electrons. The highest BCUT2D eigenvalue weighted by Gasteiger charge is 2.53. The molecule has 0 spiro atoms. The number of Topliss-reactive ketones (excluding diaryl/α,β-unsaturated/α-hetero) is 1. The van der Waals surface area contributed by atoms with Gasteiger partial charge in [0.1, 0.15) is 6.10 Å². The Bertz CT molecular complexity index is 465. The Balaban J connectivity index is 2.04. The van der Waals surface area contributed by atoms with Gasteiger partial charge < -0.3 is 9.84 Å². The molecular weight excluding hydrogens is 244 g/mol. The summed E-state index contributed by atoms with van der Waals surface area (Å²) in [6.07, 6.45) is 1.94. The SMILES string of the molecule is CC1=C2C(=O)CC(CO)C2C2OC(=O)C(C)C2CC1. The van der Waals surface area contributed by atoms with Crippen molar-refractivity contribution in [1.29, 1.82) is 0 Å². The second-order valence-corrected chi connectivity index (χ2v) is 6.18. The minimum absolute atomic E-state index is 0.0116. The Labute approximate surface area is 112 Å². The van der Waals surface area contributed by atoms with E-state index in [1.165, 1.54) is 0 Å². The Morgan fingerprint density at radius 3 is 2.79 bits per heavy atom. The molecule has 3 rings (SSSR count). The average Bonchev–Trinajstić information content (AvgIpc) is 2.80. The maximum absolute atomic E-state index is 12.2. The van der Waals surface area contributed by atoms with Crippen LogP contribution in [0.2, 0.25) is 0 Å². The number of ketones is 1. The number of hydrogen-bond acceptors (Lipinski definition) is 4. The van der Waals surface area contributed by atoms with Crippen LogP contribution in [0.15, 0.2) is 11.1 Å². The second-order valence-electron chi connectivity index (χ2n) is 6.18. The number of fused-ring (bicyclic) bond motifs is 3. The van der Waals surface area contributed by atoms with Gasteiger partial charge in [0, 0.05) is 30.4 Å². The molecule has 0 bridgehead atoms. The molecule has 0 aromatic heterocycles. The van der Waals surface area contributed by atoms with Gasteiger partial charge in [-0.25, -0.2) is 0 Å². The number of aliphatic hydroxyl groups is 1. The van der Waals surface area contributed by atoms with Crippen molar-refractivity contribution >= 4 is 11.8 Å². The largest absolute Gasteiger partial charge is 0.461 e. The molecule has 104 valence electrons. The van der Waals surface area contributed by atoms with E-state index in [0.29, 0.717) is 6.42 Å². The lowest BCUT2D eigenvalue weighted by Gasteiger charge is -2.26. The lowest BCUT2D eigenvalue weighted by molar-refractivity contribution is -0.145. The molecule has 3 aliphatic rings. The maximum atomic E-state index is 12.2. The molecule has 5 unspecified atom stereocenters. The summed E-state index contributed by atoms with van der Waals surface area (Å²) < 4.78 is 5.56. The highest BCUT2D eigenvalue weighted by molar-refractivity contribution is 5.99. The fraction of sp³-hybridized carbons (Fsp3) is 0.733. The molecule has 2 fully saturated rings. The Morgan fingerprint density at radius 1 is 1.37 bits per heavy atom. The van der Waals surface area contributed by atoms with E-state index >= 15 is 0 Å². The Kier molecular flexibility index (Phi) is 3.01. The molecule has 5 atom stereocenters. The molecule has 1 aliphatic heterocycles. The van der Waals surface area contributed by atoms with E-state index in [-0.39, 0.29) is 48.1 Å². The van der Waals surface area contributed by atoms with Crippen molar-refractivity contribution in [2.24, 2.45) is 23.7 Å². The standard InChI is InChI=1S/C15H20O4/c1-7-3-4-10-8(2)15(18)19-14(10)13-9(6-16)5-11(17)12(7)13/h8-10,13-14,16H,3-6H2,1-2H3. The topological polar surface area (TPSA) is 63.6 Å². The van der Waals surface area contributed by atoms with E-state index in [4.69, 9.17) is 4.74 Å². The van der Waals surface area contributed by atoms with Gasteiger partial charge in [0.25, 0.3) is 0 Å². The quantitative estimate of drug-likeness (QED) is 0.728. The van der Waals surface area contributed by atoms with Gasteiger partial charge in [0.15, 0.2) is 5.78 Å². The van der Waals surface area contributed by atoms with Crippen molar-refractivity contribution in [2.45, 2.75) is 39.2 Å². The van der Waals surface area contributed by atoms with Crippen molar-refractivity contribution < 1.29 is 19.4 Å². The predicted octanol–water partition coefficient (Wildman–Crippen LogP) is 1.47. The highest BCUT2D eigenvalue weighted by atomic mass is 16.6. The number of carbonyl (C=O) groups is 2. The number of rotatable bonds is 1. The van der Waals surface area contributed by atoms with Crippen LogP contribution in [0.25, 0.3) is 0 Å². The van der Waals surface area contributed by atoms with Crippen molar-refractivity contribution in [2.75, 3.05) is 6.61 Å². The van der Waals surface area contributed by atoms with E-state index in [2.05, 4.69) is 0 Å². The van der Waals surface area contributed by atoms with Crippen molar-refractivity contribution in [3.63, 3.8) is 0 Å². The fourth-order valence-electron chi connectivity index (χ4n) is 4.09. The molecule has 1 saturated heterocycles. The van der Waals surface area contributed by atoms with Gasteiger partial charge in [-0.15, -0.1) is 0 Å². The minimum Gasteiger partial charge on any atom is -0.461 e. The normalized spacial score (nSPS) is 41.9. The number of allylic oxidation sites excluding steroid dienone is 1. The van der Waals surface area contributed by atoms with E-state index < -0.39 is 0 Å². The van der Waals surface area contributed by atoms with Gasteiger partial charge in [-0.3, -0.25) is 9.59 Å². The summed E-state index contributed by atoms with van der Waals surface area (Å²) in [5.41, 5.74) is 1.97. The van der Waals surface area contributed by atoms with Crippen LogP contribution in [0.5, 0.6) is 0 Å². The van der Waals surface area contributed by atoms with Gasteiger partial charge >= 0.3 is 5.97 Å². The fourth-order valence-corrected chi connectivity index (χ4v) is 4.09. The molecule has 1 heterocycles. The van der Waals surface area contributed by atoms with Crippen LogP contribution >= 0.6 is 0 Å². The first-order chi connectivity index (χ1) is 9.04. The number of carbonyl (C=O) groups excluding carboxylic acids is 2. The molecule has 19 heavy (non-hydrogen) atoms. The van der Waals surface area contributed by atoms with Crippen molar-refractivity contribution in [3.8, 4) is 0 Å². The predicted molar refractivity (Wildman–Crippen MR) is 68.2 cm³/mol. The molecule has 4 heteroatoms. The zero-order valence-electron chi connectivity index (χ0n) is 11.4. The zero-order valence-corrected chi connectivity index (χ0v) is 11.4. The monoisotopic (exact) mass is 264 g/mol. The second kappa shape index (κ2) is 4.44. The van der Waals surface area contributed by atoms with Crippen LogP contribution in [-0.4, -0.2) is 29.6 Å². The molecule has 4 nitrogen and oxygen atoms in total. The van der Waals surface area contributed by atoms with Crippen LogP contribution in [0.3, 0.4) is 0 Å². The van der Waals surface area contributed by atoms with Gasteiger partial charge in [-0.1, -0.05) is 12.5 Å². The number of esters is 1. The van der Waals surface area contributed by atoms with Gasteiger partial charge in [0.05, 0.1) is 5.92 Å². The van der Waals surface area contributed by atoms with Gasteiger partial charge in [0.2, 0.25) is 0 Å². The third-order valence-corrected chi connectivity index (χ3v) is 5.18. The maximum Gasteiger partial charge on any atom is 0.309 e. The first-order valence-electron chi connectivity index (χ1n) is 7.08. The molecule has 2 aliphatic carbocycles. The molecule has 0 amide bonds.